The molecular formula is C19H22ClN3O4S. The van der Waals surface area contributed by atoms with Gasteiger partial charge in [0.25, 0.3) is 5.91 Å². The Morgan fingerprint density at radius 2 is 1.86 bits per heavy atom. The fourth-order valence-electron chi connectivity index (χ4n) is 3.08. The van der Waals surface area contributed by atoms with Gasteiger partial charge in [-0.05, 0) is 43.2 Å². The Bertz CT molecular complexity index is 940. The number of anilines is 1. The van der Waals surface area contributed by atoms with Crippen molar-refractivity contribution >= 4 is 33.2 Å². The monoisotopic (exact) mass is 423 g/mol. The number of sulfonamides is 1. The summed E-state index contributed by atoms with van der Waals surface area (Å²) in [7, 11) is -2.19. The van der Waals surface area contributed by atoms with Gasteiger partial charge in [0, 0.05) is 19.3 Å². The Morgan fingerprint density at radius 3 is 2.46 bits per heavy atom. The first-order valence-corrected chi connectivity index (χ1v) is 10.8. The maximum atomic E-state index is 13.0. The first kappa shape index (κ1) is 20.6. The maximum absolute atomic E-state index is 13.0. The SMILES string of the molecule is COc1ccc(S(=O)(=O)N2CCCCCC2)cc1NC(=O)c1ccc(Cl)nc1. The van der Waals surface area contributed by atoms with Crippen molar-refractivity contribution in [2.24, 2.45) is 0 Å². The molecule has 1 amide bonds. The number of pyridine rings is 1. The Balaban J connectivity index is 1.89. The zero-order chi connectivity index (χ0) is 20.1. The van der Waals surface area contributed by atoms with Crippen molar-refractivity contribution in [3.8, 4) is 5.75 Å². The van der Waals surface area contributed by atoms with Gasteiger partial charge in [0.1, 0.15) is 10.9 Å². The van der Waals surface area contributed by atoms with Gasteiger partial charge in [-0.15, -0.1) is 0 Å². The average Bonchev–Trinajstić information content (AvgIpc) is 2.98. The molecule has 2 aromatic rings. The molecule has 1 aliphatic rings. The van der Waals surface area contributed by atoms with Crippen LogP contribution in [0.4, 0.5) is 5.69 Å². The summed E-state index contributed by atoms with van der Waals surface area (Å²) in [5.41, 5.74) is 0.575. The van der Waals surface area contributed by atoms with Crippen LogP contribution in [-0.2, 0) is 10.0 Å². The normalized spacial score (nSPS) is 15.6. The lowest BCUT2D eigenvalue weighted by atomic mass is 10.2. The largest absolute Gasteiger partial charge is 0.495 e. The lowest BCUT2D eigenvalue weighted by Crippen LogP contribution is -2.32. The summed E-state index contributed by atoms with van der Waals surface area (Å²) < 4.78 is 32.9. The van der Waals surface area contributed by atoms with E-state index < -0.39 is 15.9 Å². The molecule has 1 fully saturated rings. The first-order chi connectivity index (χ1) is 13.4. The molecule has 1 aromatic heterocycles. The summed E-state index contributed by atoms with van der Waals surface area (Å²) in [5, 5.41) is 2.97. The number of carbonyl (C=O) groups is 1. The number of hydrogen-bond donors (Lipinski definition) is 1. The van der Waals surface area contributed by atoms with Crippen LogP contribution >= 0.6 is 11.6 Å². The number of rotatable bonds is 5. The van der Waals surface area contributed by atoms with Gasteiger partial charge in [-0.3, -0.25) is 4.79 Å². The minimum absolute atomic E-state index is 0.125. The van der Waals surface area contributed by atoms with Crippen molar-refractivity contribution in [2.45, 2.75) is 30.6 Å². The number of halogens is 1. The van der Waals surface area contributed by atoms with Gasteiger partial charge in [-0.1, -0.05) is 24.4 Å². The highest BCUT2D eigenvalue weighted by molar-refractivity contribution is 7.89. The van der Waals surface area contributed by atoms with Gasteiger partial charge in [0.05, 0.1) is 23.3 Å². The minimum atomic E-state index is -3.64. The molecule has 1 aromatic carbocycles. The second-order valence-corrected chi connectivity index (χ2v) is 8.83. The molecule has 0 bridgehead atoms. The lowest BCUT2D eigenvalue weighted by molar-refractivity contribution is 0.102. The molecular weight excluding hydrogens is 402 g/mol. The predicted molar refractivity (Wildman–Crippen MR) is 107 cm³/mol. The van der Waals surface area contributed by atoms with Crippen molar-refractivity contribution < 1.29 is 17.9 Å². The molecule has 28 heavy (non-hydrogen) atoms. The van der Waals surface area contributed by atoms with Gasteiger partial charge in [0.15, 0.2) is 0 Å². The van der Waals surface area contributed by atoms with E-state index in [1.165, 1.54) is 41.9 Å². The Kier molecular flexibility index (Phi) is 6.53. The summed E-state index contributed by atoms with van der Waals surface area (Å²) >= 11 is 5.75. The highest BCUT2D eigenvalue weighted by Gasteiger charge is 2.26. The van der Waals surface area contributed by atoms with E-state index in [4.69, 9.17) is 16.3 Å². The highest BCUT2D eigenvalue weighted by atomic mass is 35.5. The van der Waals surface area contributed by atoms with E-state index >= 15 is 0 Å². The Labute approximate surface area is 169 Å². The van der Waals surface area contributed by atoms with Crippen molar-refractivity contribution in [1.82, 2.24) is 9.29 Å². The zero-order valence-electron chi connectivity index (χ0n) is 15.5. The van der Waals surface area contributed by atoms with Crippen molar-refractivity contribution in [3.63, 3.8) is 0 Å². The third kappa shape index (κ3) is 4.63. The van der Waals surface area contributed by atoms with E-state index in [9.17, 15) is 13.2 Å². The molecule has 3 rings (SSSR count). The van der Waals surface area contributed by atoms with Crippen LogP contribution < -0.4 is 10.1 Å². The molecule has 7 nitrogen and oxygen atoms in total. The number of nitrogens with zero attached hydrogens (tertiary/aromatic N) is 2. The second-order valence-electron chi connectivity index (χ2n) is 6.50. The van der Waals surface area contributed by atoms with E-state index in [1.54, 1.807) is 6.07 Å². The van der Waals surface area contributed by atoms with Gasteiger partial charge < -0.3 is 10.1 Å². The number of benzene rings is 1. The fourth-order valence-corrected chi connectivity index (χ4v) is 4.74. The molecule has 1 aliphatic heterocycles. The lowest BCUT2D eigenvalue weighted by Gasteiger charge is -2.21. The van der Waals surface area contributed by atoms with E-state index in [1.807, 2.05) is 0 Å². The number of methoxy groups -OCH3 is 1. The predicted octanol–water partition coefficient (Wildman–Crippen LogP) is 3.56. The Hall–Kier alpha value is -2.16. The third-order valence-electron chi connectivity index (χ3n) is 4.61. The number of aromatic nitrogens is 1. The van der Waals surface area contributed by atoms with E-state index in [0.717, 1.165) is 25.7 Å². The summed E-state index contributed by atoms with van der Waals surface area (Å²) in [6.07, 6.45) is 5.11. The molecule has 2 heterocycles. The van der Waals surface area contributed by atoms with Crippen LogP contribution in [0.25, 0.3) is 0 Å². The highest BCUT2D eigenvalue weighted by Crippen LogP contribution is 2.30. The molecule has 0 radical (unpaired) electrons. The average molecular weight is 424 g/mol. The minimum Gasteiger partial charge on any atom is -0.495 e. The van der Waals surface area contributed by atoms with E-state index in [2.05, 4.69) is 10.3 Å². The van der Waals surface area contributed by atoms with E-state index in [0.29, 0.717) is 24.4 Å². The van der Waals surface area contributed by atoms with Gasteiger partial charge in [-0.25, -0.2) is 13.4 Å². The van der Waals surface area contributed by atoms with E-state index in [-0.39, 0.29) is 15.7 Å². The quantitative estimate of drug-likeness (QED) is 0.743. The standard InChI is InChI=1S/C19H22ClN3O4S/c1-27-17-8-7-15(28(25,26)23-10-4-2-3-5-11-23)12-16(17)22-19(24)14-6-9-18(20)21-13-14/h6-9,12-13H,2-5,10-11H2,1H3,(H,22,24). The fraction of sp³-hybridized carbons (Fsp3) is 0.368. The van der Waals surface area contributed by atoms with Crippen LogP contribution in [-0.4, -0.2) is 43.8 Å². The third-order valence-corrected chi connectivity index (χ3v) is 6.73. The molecule has 0 saturated carbocycles. The van der Waals surface area contributed by atoms with Crippen LogP contribution in [0.5, 0.6) is 5.75 Å². The number of hydrogen-bond acceptors (Lipinski definition) is 5. The summed E-state index contributed by atoms with van der Waals surface area (Å²) in [5.74, 6) is -0.0723. The van der Waals surface area contributed by atoms with Crippen molar-refractivity contribution in [2.75, 3.05) is 25.5 Å². The molecule has 0 atom stereocenters. The Morgan fingerprint density at radius 1 is 1.14 bits per heavy atom. The number of amides is 1. The van der Waals surface area contributed by atoms with Crippen LogP contribution in [0.15, 0.2) is 41.4 Å². The second kappa shape index (κ2) is 8.89. The molecule has 1 N–H and O–H groups in total. The molecule has 0 unspecified atom stereocenters. The smallest absolute Gasteiger partial charge is 0.257 e. The van der Waals surface area contributed by atoms with Crippen molar-refractivity contribution in [1.29, 1.82) is 0 Å². The summed E-state index contributed by atoms with van der Waals surface area (Å²) in [6, 6.07) is 7.52. The number of ether oxygens (including phenoxy) is 1. The molecule has 0 spiro atoms. The molecule has 150 valence electrons. The van der Waals surface area contributed by atoms with Crippen LogP contribution in [0.2, 0.25) is 5.15 Å². The van der Waals surface area contributed by atoms with Gasteiger partial charge >= 0.3 is 0 Å². The zero-order valence-corrected chi connectivity index (χ0v) is 17.1. The maximum Gasteiger partial charge on any atom is 0.257 e. The number of nitrogens with one attached hydrogen (secondary N) is 1. The van der Waals surface area contributed by atoms with Crippen LogP contribution in [0.3, 0.4) is 0 Å². The van der Waals surface area contributed by atoms with Crippen LogP contribution in [0, 0.1) is 0 Å². The van der Waals surface area contributed by atoms with Gasteiger partial charge in [-0.2, -0.15) is 4.31 Å². The van der Waals surface area contributed by atoms with Crippen molar-refractivity contribution in [3.05, 3.63) is 47.2 Å². The van der Waals surface area contributed by atoms with Gasteiger partial charge in [0.2, 0.25) is 10.0 Å². The summed E-state index contributed by atoms with van der Waals surface area (Å²) in [4.78, 5) is 16.5. The number of carbonyl (C=O) groups excluding carboxylic acids is 1. The molecule has 0 aliphatic carbocycles. The molecule has 1 saturated heterocycles. The summed E-state index contributed by atoms with van der Waals surface area (Å²) in [6.45, 7) is 1.01. The molecule has 9 heteroatoms. The topological polar surface area (TPSA) is 88.6 Å². The van der Waals surface area contributed by atoms with Crippen LogP contribution in [0.1, 0.15) is 36.0 Å². The first-order valence-electron chi connectivity index (χ1n) is 9.03.